The average molecular weight is 272 g/mol. The number of halogens is 3. The van der Waals surface area contributed by atoms with Gasteiger partial charge in [-0.15, -0.1) is 10.3 Å². The molecule has 0 saturated carbocycles. The fraction of sp³-hybridized carbons (Fsp3) is 1.00. The lowest BCUT2D eigenvalue weighted by atomic mass is 11.0. The van der Waals surface area contributed by atoms with Crippen molar-refractivity contribution in [1.82, 2.24) is 0 Å². The van der Waals surface area contributed by atoms with Crippen molar-refractivity contribution in [1.29, 1.82) is 0 Å². The Morgan fingerprint density at radius 2 is 1.47 bits per heavy atom. The summed E-state index contributed by atoms with van der Waals surface area (Å²) < 4.78 is 61.3. The summed E-state index contributed by atoms with van der Waals surface area (Å²) in [5, 5.41) is 0. The van der Waals surface area contributed by atoms with Crippen LogP contribution in [0.1, 0.15) is 13.8 Å². The van der Waals surface area contributed by atoms with E-state index in [1.807, 2.05) is 0 Å². The second kappa shape index (κ2) is 5.37. The summed E-state index contributed by atoms with van der Waals surface area (Å²) in [6, 6.07) is 0. The first-order chi connectivity index (χ1) is 6.08. The molecule has 0 fully saturated rings. The first kappa shape index (κ1) is 17.4. The van der Waals surface area contributed by atoms with E-state index in [1.165, 1.54) is 6.26 Å². The second-order valence-corrected chi connectivity index (χ2v) is 8.17. The van der Waals surface area contributed by atoms with E-state index in [0.29, 0.717) is 0 Å². The summed E-state index contributed by atoms with van der Waals surface area (Å²) in [6.45, 7) is 3.20. The molecule has 96 valence electrons. The molecule has 15 heavy (non-hydrogen) atoms. The topological polar surface area (TPSA) is 74.9 Å². The van der Waals surface area contributed by atoms with Crippen molar-refractivity contribution in [3.63, 3.8) is 0 Å². The summed E-state index contributed by atoms with van der Waals surface area (Å²) in [4.78, 5) is 0. The first-order valence-corrected chi connectivity index (χ1v) is 7.55. The van der Waals surface area contributed by atoms with Crippen molar-refractivity contribution < 1.29 is 30.7 Å². The van der Waals surface area contributed by atoms with Crippen LogP contribution < -0.4 is 0 Å². The monoisotopic (exact) mass is 272 g/mol. The predicted octanol–water partition coefficient (Wildman–Crippen LogP) is 1.42. The Morgan fingerprint density at radius 1 is 1.13 bits per heavy atom. The Hall–Kier alpha value is 0.01000. The Labute approximate surface area is 88.8 Å². The molecule has 0 saturated heterocycles. The van der Waals surface area contributed by atoms with Crippen molar-refractivity contribution >= 4 is 20.4 Å². The number of hydrogen-bond acceptors (Lipinski definition) is 3. The van der Waals surface area contributed by atoms with Gasteiger partial charge < -0.3 is 5.48 Å². The first-order valence-electron chi connectivity index (χ1n) is 3.84. The summed E-state index contributed by atoms with van der Waals surface area (Å²) >= 11 is 0. The van der Waals surface area contributed by atoms with Crippen molar-refractivity contribution in [3.05, 3.63) is 0 Å². The van der Waals surface area contributed by atoms with Gasteiger partial charge in [0.1, 0.15) is 0 Å². The molecule has 9 heteroatoms. The zero-order chi connectivity index (χ0) is 11.6. The average Bonchev–Trinajstić information content (AvgIpc) is 2.01. The molecule has 0 heterocycles. The van der Waals surface area contributed by atoms with Gasteiger partial charge in [0.15, 0.2) is 0 Å². The van der Waals surface area contributed by atoms with Gasteiger partial charge in [0.2, 0.25) is 0 Å². The van der Waals surface area contributed by atoms with Gasteiger partial charge in [-0.05, 0) is 17.8 Å². The normalized spacial score (nSPS) is 14.5. The number of rotatable bonds is 4. The standard InChI is InChI=1S/C6H13F3O3S2.H2O/c1-4-13(3,5-2)12-14(10,11)6(7,8)9;/h4-5H2,1-3H3;1H2. The molecule has 0 aliphatic carbocycles. The smallest absolute Gasteiger partial charge is 0.412 e. The maximum absolute atomic E-state index is 11.9. The fourth-order valence-corrected chi connectivity index (χ4v) is 3.77. The highest BCUT2D eigenvalue weighted by Crippen LogP contribution is 2.48. The zero-order valence-corrected chi connectivity index (χ0v) is 10.2. The molecule has 2 N–H and O–H groups in total. The van der Waals surface area contributed by atoms with Crippen molar-refractivity contribution in [3.8, 4) is 0 Å². The molecule has 0 radical (unpaired) electrons. The zero-order valence-electron chi connectivity index (χ0n) is 8.59. The van der Waals surface area contributed by atoms with Crippen LogP contribution in [0.3, 0.4) is 0 Å². The maximum atomic E-state index is 11.9. The minimum atomic E-state index is -5.44. The summed E-state index contributed by atoms with van der Waals surface area (Å²) in [6.07, 6.45) is 1.41. The van der Waals surface area contributed by atoms with E-state index in [1.54, 1.807) is 13.8 Å². The van der Waals surface area contributed by atoms with E-state index in [4.69, 9.17) is 0 Å². The van der Waals surface area contributed by atoms with Gasteiger partial charge in [-0.2, -0.15) is 21.6 Å². The molecule has 0 atom stereocenters. The molecule has 0 aromatic rings. The molecule has 0 spiro atoms. The van der Waals surface area contributed by atoms with Gasteiger partial charge in [-0.1, -0.05) is 13.8 Å². The van der Waals surface area contributed by atoms with E-state index in [9.17, 15) is 21.6 Å². The van der Waals surface area contributed by atoms with E-state index >= 15 is 0 Å². The van der Waals surface area contributed by atoms with Gasteiger partial charge >= 0.3 is 15.6 Å². The fourth-order valence-electron chi connectivity index (χ4n) is 0.555. The van der Waals surface area contributed by atoms with E-state index < -0.39 is 25.9 Å². The van der Waals surface area contributed by atoms with Gasteiger partial charge in [0.05, 0.1) is 0 Å². The lowest BCUT2D eigenvalue weighted by molar-refractivity contribution is -0.0496. The van der Waals surface area contributed by atoms with Crippen molar-refractivity contribution in [2.75, 3.05) is 17.8 Å². The lowest BCUT2D eigenvalue weighted by Crippen LogP contribution is -2.27. The highest BCUT2D eigenvalue weighted by Gasteiger charge is 2.49. The molecular formula is C6H15F3O4S2. The third-order valence-corrected chi connectivity index (χ3v) is 6.80. The molecule has 0 amide bonds. The molecule has 0 unspecified atom stereocenters. The highest BCUT2D eigenvalue weighted by atomic mass is 32.3. The van der Waals surface area contributed by atoms with Crippen LogP contribution in [0.25, 0.3) is 0 Å². The van der Waals surface area contributed by atoms with Crippen LogP contribution >= 0.6 is 10.3 Å². The van der Waals surface area contributed by atoms with Crippen molar-refractivity contribution in [2.24, 2.45) is 0 Å². The van der Waals surface area contributed by atoms with Gasteiger partial charge in [0, 0.05) is 0 Å². The van der Waals surface area contributed by atoms with Crippen molar-refractivity contribution in [2.45, 2.75) is 19.4 Å². The minimum Gasteiger partial charge on any atom is -0.412 e. The van der Waals surface area contributed by atoms with E-state index in [0.717, 1.165) is 0 Å². The quantitative estimate of drug-likeness (QED) is 0.726. The van der Waals surface area contributed by atoms with E-state index in [2.05, 4.69) is 3.63 Å². The summed E-state index contributed by atoms with van der Waals surface area (Å²) in [7, 11) is -7.61. The van der Waals surface area contributed by atoms with Gasteiger partial charge in [-0.25, -0.2) is 3.63 Å². The van der Waals surface area contributed by atoms with Crippen LogP contribution in [-0.4, -0.2) is 37.2 Å². The van der Waals surface area contributed by atoms with Crippen LogP contribution in [0.15, 0.2) is 0 Å². The van der Waals surface area contributed by atoms with Crippen LogP contribution in [0.4, 0.5) is 13.2 Å². The molecule has 0 aromatic carbocycles. The Balaban J connectivity index is 0. The second-order valence-electron chi connectivity index (χ2n) is 2.73. The molecular weight excluding hydrogens is 257 g/mol. The summed E-state index contributed by atoms with van der Waals surface area (Å²) in [5.41, 5.74) is -5.33. The molecule has 0 rings (SSSR count). The third kappa shape index (κ3) is 4.58. The summed E-state index contributed by atoms with van der Waals surface area (Å²) in [5.74, 6) is 0.553. The van der Waals surface area contributed by atoms with Gasteiger partial charge in [-0.3, -0.25) is 0 Å². The largest absolute Gasteiger partial charge is 0.523 e. The van der Waals surface area contributed by atoms with Gasteiger partial charge in [0.25, 0.3) is 0 Å². The minimum absolute atomic E-state index is 0. The van der Waals surface area contributed by atoms with Crippen LogP contribution in [0.2, 0.25) is 0 Å². The lowest BCUT2D eigenvalue weighted by Gasteiger charge is -2.31. The molecule has 4 nitrogen and oxygen atoms in total. The van der Waals surface area contributed by atoms with Crippen LogP contribution in [-0.2, 0) is 13.7 Å². The molecule has 0 aromatic heterocycles. The SMILES string of the molecule is CCS(C)(CC)OS(=O)(=O)C(F)(F)F.O. The Bertz CT molecular complexity index is 281. The number of alkyl halides is 3. The number of hydrogen-bond donors (Lipinski definition) is 0. The maximum Gasteiger partial charge on any atom is 0.523 e. The Morgan fingerprint density at radius 3 is 1.67 bits per heavy atom. The van der Waals surface area contributed by atoms with Crippen LogP contribution in [0, 0.1) is 0 Å². The van der Waals surface area contributed by atoms with E-state index in [-0.39, 0.29) is 17.0 Å². The molecule has 0 aliphatic rings. The van der Waals surface area contributed by atoms with Crippen LogP contribution in [0.5, 0.6) is 0 Å². The predicted molar refractivity (Wildman–Crippen MR) is 54.3 cm³/mol. The molecule has 0 bridgehead atoms. The highest BCUT2D eigenvalue weighted by molar-refractivity contribution is 8.32. The Kier molecular flexibility index (Phi) is 6.23. The third-order valence-electron chi connectivity index (χ3n) is 1.76. The molecule has 0 aliphatic heterocycles.